The number of nitrogens with zero attached hydrogens (tertiary/aromatic N) is 2. The molecule has 3 aromatic rings. The fourth-order valence-corrected chi connectivity index (χ4v) is 3.35. The minimum Gasteiger partial charge on any atom is -0.486 e. The summed E-state index contributed by atoms with van der Waals surface area (Å²) in [6, 6.07) is 12.7. The Kier molecular flexibility index (Phi) is 5.74. The van der Waals surface area contributed by atoms with Crippen LogP contribution >= 0.6 is 0 Å². The number of benzene rings is 2. The van der Waals surface area contributed by atoms with Gasteiger partial charge in [0.05, 0.1) is 17.2 Å². The second kappa shape index (κ2) is 8.77. The monoisotopic (exact) mass is 393 g/mol. The first-order valence-corrected chi connectivity index (χ1v) is 9.84. The van der Waals surface area contributed by atoms with E-state index in [1.807, 2.05) is 24.3 Å². The van der Waals surface area contributed by atoms with E-state index in [0.29, 0.717) is 54.3 Å². The summed E-state index contributed by atoms with van der Waals surface area (Å²) in [6.45, 7) is 1.65. The highest BCUT2D eigenvalue weighted by atomic mass is 16.6. The Hall–Kier alpha value is -3.35. The van der Waals surface area contributed by atoms with Crippen LogP contribution < -0.4 is 20.3 Å². The van der Waals surface area contributed by atoms with Crippen LogP contribution in [0.25, 0.3) is 10.9 Å². The van der Waals surface area contributed by atoms with E-state index in [-0.39, 0.29) is 11.5 Å². The number of aryl methyl sites for hydroxylation is 1. The molecule has 1 amide bonds. The first-order chi connectivity index (χ1) is 14.2. The maximum atomic E-state index is 12.4. The number of anilines is 1. The maximum absolute atomic E-state index is 12.4. The summed E-state index contributed by atoms with van der Waals surface area (Å²) in [5.41, 5.74) is 1.39. The van der Waals surface area contributed by atoms with E-state index in [1.54, 1.807) is 29.1 Å². The normalized spacial score (nSPS) is 12.7. The molecule has 0 aliphatic carbocycles. The number of carbonyl (C=O) groups is 1. The zero-order valence-electron chi connectivity index (χ0n) is 16.1. The first kappa shape index (κ1) is 19.0. The van der Waals surface area contributed by atoms with Crippen molar-refractivity contribution in [2.24, 2.45) is 0 Å². The van der Waals surface area contributed by atoms with E-state index in [2.05, 4.69) is 10.3 Å². The Morgan fingerprint density at radius 2 is 1.86 bits per heavy atom. The Morgan fingerprint density at radius 1 is 1.03 bits per heavy atom. The molecule has 0 spiro atoms. The lowest BCUT2D eigenvalue weighted by Gasteiger charge is -2.19. The topological polar surface area (TPSA) is 82.5 Å². The van der Waals surface area contributed by atoms with Gasteiger partial charge in [-0.1, -0.05) is 18.6 Å². The van der Waals surface area contributed by atoms with Crippen molar-refractivity contribution in [1.29, 1.82) is 0 Å². The van der Waals surface area contributed by atoms with Crippen LogP contribution in [0, 0.1) is 0 Å². The molecular formula is C22H23N3O4. The van der Waals surface area contributed by atoms with E-state index in [4.69, 9.17) is 9.47 Å². The van der Waals surface area contributed by atoms with Crippen molar-refractivity contribution in [3.05, 3.63) is 59.1 Å². The van der Waals surface area contributed by atoms with Crippen LogP contribution in [0.1, 0.15) is 25.7 Å². The van der Waals surface area contributed by atoms with Crippen molar-refractivity contribution in [2.75, 3.05) is 18.5 Å². The number of ether oxygens (including phenoxy) is 2. The van der Waals surface area contributed by atoms with Crippen molar-refractivity contribution in [1.82, 2.24) is 9.55 Å². The zero-order chi connectivity index (χ0) is 20.1. The number of hydrogen-bond donors (Lipinski definition) is 1. The lowest BCUT2D eigenvalue weighted by molar-refractivity contribution is -0.116. The van der Waals surface area contributed by atoms with Gasteiger partial charge in [-0.05, 0) is 37.1 Å². The minimum absolute atomic E-state index is 0.0213. The van der Waals surface area contributed by atoms with Gasteiger partial charge in [0, 0.05) is 24.7 Å². The number of nitrogens with one attached hydrogen (secondary N) is 1. The molecule has 1 aliphatic rings. The maximum Gasteiger partial charge on any atom is 0.261 e. The molecule has 0 radical (unpaired) electrons. The van der Waals surface area contributed by atoms with Gasteiger partial charge in [0.1, 0.15) is 13.2 Å². The summed E-state index contributed by atoms with van der Waals surface area (Å²) >= 11 is 0. The van der Waals surface area contributed by atoms with Gasteiger partial charge >= 0.3 is 0 Å². The third-order valence-electron chi connectivity index (χ3n) is 4.86. The van der Waals surface area contributed by atoms with E-state index in [0.717, 1.165) is 19.3 Å². The molecule has 1 aromatic heterocycles. The molecule has 4 rings (SSSR count). The van der Waals surface area contributed by atoms with Gasteiger partial charge in [-0.25, -0.2) is 4.98 Å². The molecule has 0 unspecified atom stereocenters. The second-order valence-electron chi connectivity index (χ2n) is 6.98. The van der Waals surface area contributed by atoms with Gasteiger partial charge in [0.25, 0.3) is 5.56 Å². The molecule has 150 valence electrons. The summed E-state index contributed by atoms with van der Waals surface area (Å²) in [4.78, 5) is 28.9. The fraction of sp³-hybridized carbons (Fsp3) is 0.318. The molecule has 29 heavy (non-hydrogen) atoms. The van der Waals surface area contributed by atoms with Gasteiger partial charge in [0.15, 0.2) is 11.5 Å². The Morgan fingerprint density at radius 3 is 2.76 bits per heavy atom. The second-order valence-corrected chi connectivity index (χ2v) is 6.98. The summed E-state index contributed by atoms with van der Waals surface area (Å²) in [7, 11) is 0. The molecule has 7 nitrogen and oxygen atoms in total. The Labute approximate surface area is 168 Å². The average Bonchev–Trinajstić information content (AvgIpc) is 2.75. The quantitative estimate of drug-likeness (QED) is 0.623. The highest BCUT2D eigenvalue weighted by molar-refractivity contribution is 5.91. The third kappa shape index (κ3) is 4.56. The van der Waals surface area contributed by atoms with Crippen LogP contribution in [0.4, 0.5) is 5.69 Å². The number of aromatic nitrogens is 2. The molecule has 2 aromatic carbocycles. The number of unbranched alkanes of at least 4 members (excludes halogenated alkanes) is 2. The minimum atomic E-state index is -0.0359. The molecule has 0 atom stereocenters. The van der Waals surface area contributed by atoms with Crippen LogP contribution in [-0.4, -0.2) is 28.7 Å². The van der Waals surface area contributed by atoms with Crippen LogP contribution in [-0.2, 0) is 11.3 Å². The molecule has 0 bridgehead atoms. The predicted molar refractivity (Wildman–Crippen MR) is 111 cm³/mol. The SMILES string of the molecule is O=C(CCCCCn1cnc2ccccc2c1=O)Nc1ccc2c(c1)OCCO2. The molecule has 1 N–H and O–H groups in total. The number of carbonyl (C=O) groups excluding carboxylic acids is 1. The van der Waals surface area contributed by atoms with Crippen LogP contribution in [0.2, 0.25) is 0 Å². The van der Waals surface area contributed by atoms with Crippen molar-refractivity contribution in [2.45, 2.75) is 32.2 Å². The Balaban J connectivity index is 1.22. The van der Waals surface area contributed by atoms with Crippen molar-refractivity contribution >= 4 is 22.5 Å². The summed E-state index contributed by atoms with van der Waals surface area (Å²) in [5.74, 6) is 1.32. The molecule has 0 saturated heterocycles. The first-order valence-electron chi connectivity index (χ1n) is 9.84. The molecule has 7 heteroatoms. The number of hydrogen-bond acceptors (Lipinski definition) is 5. The number of para-hydroxylation sites is 1. The summed E-state index contributed by atoms with van der Waals surface area (Å²) in [6.07, 6.45) is 4.45. The van der Waals surface area contributed by atoms with E-state index in [9.17, 15) is 9.59 Å². The van der Waals surface area contributed by atoms with Crippen LogP contribution in [0.3, 0.4) is 0 Å². The lowest BCUT2D eigenvalue weighted by atomic mass is 10.1. The highest BCUT2D eigenvalue weighted by Gasteiger charge is 2.12. The van der Waals surface area contributed by atoms with Crippen molar-refractivity contribution in [3.8, 4) is 11.5 Å². The third-order valence-corrected chi connectivity index (χ3v) is 4.86. The number of rotatable bonds is 7. The Bertz CT molecular complexity index is 1080. The molecule has 0 saturated carbocycles. The fourth-order valence-electron chi connectivity index (χ4n) is 3.35. The molecular weight excluding hydrogens is 370 g/mol. The molecule has 2 heterocycles. The smallest absolute Gasteiger partial charge is 0.261 e. The average molecular weight is 393 g/mol. The highest BCUT2D eigenvalue weighted by Crippen LogP contribution is 2.32. The van der Waals surface area contributed by atoms with Crippen molar-refractivity contribution in [3.63, 3.8) is 0 Å². The van der Waals surface area contributed by atoms with Gasteiger partial charge in [0.2, 0.25) is 5.91 Å². The zero-order valence-corrected chi connectivity index (χ0v) is 16.1. The number of fused-ring (bicyclic) bond motifs is 2. The van der Waals surface area contributed by atoms with Gasteiger partial charge in [-0.2, -0.15) is 0 Å². The summed E-state index contributed by atoms with van der Waals surface area (Å²) < 4.78 is 12.6. The molecule has 0 fully saturated rings. The van der Waals surface area contributed by atoms with E-state index in [1.165, 1.54) is 0 Å². The lowest BCUT2D eigenvalue weighted by Crippen LogP contribution is -2.20. The summed E-state index contributed by atoms with van der Waals surface area (Å²) in [5, 5.41) is 3.52. The van der Waals surface area contributed by atoms with E-state index >= 15 is 0 Å². The van der Waals surface area contributed by atoms with Crippen LogP contribution in [0.15, 0.2) is 53.6 Å². The van der Waals surface area contributed by atoms with Crippen LogP contribution in [0.5, 0.6) is 11.5 Å². The van der Waals surface area contributed by atoms with Crippen molar-refractivity contribution < 1.29 is 14.3 Å². The predicted octanol–water partition coefficient (Wildman–Crippen LogP) is 3.37. The van der Waals surface area contributed by atoms with E-state index < -0.39 is 0 Å². The van der Waals surface area contributed by atoms with Gasteiger partial charge in [-0.15, -0.1) is 0 Å². The van der Waals surface area contributed by atoms with Gasteiger partial charge in [-0.3, -0.25) is 14.2 Å². The number of amides is 1. The standard InChI is InChI=1S/C22H23N3O4/c26-21(24-16-9-10-19-20(14-16)29-13-12-28-19)8-2-1-5-11-25-15-23-18-7-4-3-6-17(18)22(25)27/h3-4,6-7,9-10,14-15H,1-2,5,8,11-13H2,(H,24,26). The molecule has 1 aliphatic heterocycles. The largest absolute Gasteiger partial charge is 0.486 e. The van der Waals surface area contributed by atoms with Gasteiger partial charge < -0.3 is 14.8 Å².